The van der Waals surface area contributed by atoms with E-state index in [2.05, 4.69) is 26.1 Å². The summed E-state index contributed by atoms with van der Waals surface area (Å²) in [6.07, 6.45) is -1.93. The van der Waals surface area contributed by atoms with Gasteiger partial charge in [0.15, 0.2) is 6.10 Å². The molecule has 1 aromatic rings. The van der Waals surface area contributed by atoms with Gasteiger partial charge in [-0.05, 0) is 11.6 Å². The molecule has 1 aromatic carbocycles. The van der Waals surface area contributed by atoms with Crippen molar-refractivity contribution < 1.29 is 19.4 Å². The fourth-order valence-electron chi connectivity index (χ4n) is 1.95. The maximum absolute atomic E-state index is 12.0. The van der Waals surface area contributed by atoms with E-state index in [1.165, 1.54) is 0 Å². The number of carbonyl (C=O) groups excluding carboxylic acids is 1. The Morgan fingerprint density at radius 2 is 2.13 bits per heavy atom. The van der Waals surface area contributed by atoms with Crippen molar-refractivity contribution in [1.82, 2.24) is 0 Å². The number of hydrogen-bond acceptors (Lipinski definition) is 6. The van der Waals surface area contributed by atoms with Gasteiger partial charge in [-0.25, -0.2) is 4.79 Å². The number of carbonyl (C=O) groups is 1. The summed E-state index contributed by atoms with van der Waals surface area (Å²) in [6.45, 7) is 6.94. The SMILES string of the molecule is CC(C)(C)SSCc1ccccc1NC(=O)OC1COCC1O. The molecule has 1 saturated heterocycles. The van der Waals surface area contributed by atoms with Crippen LogP contribution in [0.4, 0.5) is 10.5 Å². The molecule has 7 heteroatoms. The van der Waals surface area contributed by atoms with E-state index in [9.17, 15) is 9.90 Å². The molecule has 23 heavy (non-hydrogen) atoms. The maximum Gasteiger partial charge on any atom is 0.412 e. The van der Waals surface area contributed by atoms with Gasteiger partial charge in [-0.2, -0.15) is 0 Å². The molecule has 1 fully saturated rings. The lowest BCUT2D eigenvalue weighted by Gasteiger charge is -2.18. The summed E-state index contributed by atoms with van der Waals surface area (Å²) in [5.74, 6) is 0.785. The predicted octanol–water partition coefficient (Wildman–Crippen LogP) is 3.67. The maximum atomic E-state index is 12.0. The molecule has 2 N–H and O–H groups in total. The monoisotopic (exact) mass is 357 g/mol. The van der Waals surface area contributed by atoms with Crippen molar-refractivity contribution in [2.75, 3.05) is 18.5 Å². The van der Waals surface area contributed by atoms with E-state index in [1.54, 1.807) is 21.6 Å². The van der Waals surface area contributed by atoms with Crippen LogP contribution < -0.4 is 5.32 Å². The van der Waals surface area contributed by atoms with Gasteiger partial charge in [0, 0.05) is 16.2 Å². The molecule has 0 aliphatic carbocycles. The second kappa shape index (κ2) is 8.28. The van der Waals surface area contributed by atoms with Gasteiger partial charge in [-0.15, -0.1) is 0 Å². The topological polar surface area (TPSA) is 67.8 Å². The highest BCUT2D eigenvalue weighted by Crippen LogP contribution is 2.38. The molecule has 0 saturated carbocycles. The van der Waals surface area contributed by atoms with E-state index < -0.39 is 18.3 Å². The third kappa shape index (κ3) is 6.25. The Morgan fingerprint density at radius 1 is 1.39 bits per heavy atom. The molecular weight excluding hydrogens is 334 g/mol. The Bertz CT molecular complexity index is 533. The third-order valence-corrected chi connectivity index (χ3v) is 6.29. The number of ether oxygens (including phenoxy) is 2. The van der Waals surface area contributed by atoms with Crippen molar-refractivity contribution in [2.45, 2.75) is 43.5 Å². The second-order valence-corrected chi connectivity index (χ2v) is 9.41. The molecular formula is C16H23NO4S2. The first-order valence-corrected chi connectivity index (χ1v) is 9.79. The zero-order valence-corrected chi connectivity index (χ0v) is 15.2. The smallest absolute Gasteiger partial charge is 0.412 e. The van der Waals surface area contributed by atoms with Crippen LogP contribution in [-0.2, 0) is 15.2 Å². The normalized spacial score (nSPS) is 21.2. The van der Waals surface area contributed by atoms with Gasteiger partial charge in [0.25, 0.3) is 0 Å². The number of aliphatic hydroxyl groups excluding tert-OH is 1. The van der Waals surface area contributed by atoms with Crippen molar-refractivity contribution in [3.8, 4) is 0 Å². The molecule has 1 heterocycles. The highest BCUT2D eigenvalue weighted by atomic mass is 33.1. The largest absolute Gasteiger partial charge is 0.441 e. The number of amides is 1. The van der Waals surface area contributed by atoms with E-state index in [0.717, 1.165) is 17.0 Å². The lowest BCUT2D eigenvalue weighted by molar-refractivity contribution is 0.0396. The molecule has 0 radical (unpaired) electrons. The van der Waals surface area contributed by atoms with Crippen LogP contribution in [0.5, 0.6) is 0 Å². The van der Waals surface area contributed by atoms with Crippen molar-refractivity contribution in [1.29, 1.82) is 0 Å². The molecule has 1 amide bonds. The predicted molar refractivity (Wildman–Crippen MR) is 95.8 cm³/mol. The van der Waals surface area contributed by atoms with Crippen molar-refractivity contribution in [2.24, 2.45) is 0 Å². The molecule has 0 aromatic heterocycles. The minimum Gasteiger partial charge on any atom is -0.441 e. The molecule has 2 unspecified atom stereocenters. The number of hydrogen-bond donors (Lipinski definition) is 2. The summed E-state index contributed by atoms with van der Waals surface area (Å²) in [7, 11) is 3.56. The van der Waals surface area contributed by atoms with Crippen LogP contribution in [0, 0.1) is 0 Å². The van der Waals surface area contributed by atoms with Crippen LogP contribution in [0.25, 0.3) is 0 Å². The minimum absolute atomic E-state index is 0.185. The first-order valence-electron chi connectivity index (χ1n) is 7.47. The number of nitrogens with one attached hydrogen (secondary N) is 1. The average molecular weight is 357 g/mol. The van der Waals surface area contributed by atoms with Gasteiger partial charge in [-0.1, -0.05) is 60.6 Å². The zero-order valence-electron chi connectivity index (χ0n) is 13.6. The summed E-state index contributed by atoms with van der Waals surface area (Å²) < 4.78 is 10.5. The lowest BCUT2D eigenvalue weighted by Crippen LogP contribution is -2.31. The first-order chi connectivity index (χ1) is 10.8. The zero-order chi connectivity index (χ0) is 16.9. The fraction of sp³-hybridized carbons (Fsp3) is 0.562. The number of para-hydroxylation sites is 1. The van der Waals surface area contributed by atoms with Gasteiger partial charge >= 0.3 is 6.09 Å². The van der Waals surface area contributed by atoms with E-state index in [1.807, 2.05) is 24.3 Å². The van der Waals surface area contributed by atoms with E-state index in [-0.39, 0.29) is 18.0 Å². The van der Waals surface area contributed by atoms with Crippen LogP contribution >= 0.6 is 21.6 Å². The number of benzene rings is 1. The van der Waals surface area contributed by atoms with Crippen LogP contribution in [-0.4, -0.2) is 41.4 Å². The molecule has 0 spiro atoms. The third-order valence-electron chi connectivity index (χ3n) is 3.04. The molecule has 1 aliphatic heterocycles. The Hall–Kier alpha value is -0.890. The standard InChI is InChI=1S/C16H23NO4S2/c1-16(2,3)23-22-10-11-6-4-5-7-12(11)17-15(19)21-14-9-20-8-13(14)18/h4-7,13-14,18H,8-10H2,1-3H3,(H,17,19). The van der Waals surface area contributed by atoms with Crippen molar-refractivity contribution in [3.05, 3.63) is 29.8 Å². The van der Waals surface area contributed by atoms with Crippen LogP contribution in [0.15, 0.2) is 24.3 Å². The Balaban J connectivity index is 1.90. The van der Waals surface area contributed by atoms with Gasteiger partial charge in [0.1, 0.15) is 6.10 Å². The van der Waals surface area contributed by atoms with E-state index in [4.69, 9.17) is 9.47 Å². The summed E-state index contributed by atoms with van der Waals surface area (Å²) in [5.41, 5.74) is 1.77. The Labute approximate surface area is 144 Å². The average Bonchev–Trinajstić information content (AvgIpc) is 2.85. The Morgan fingerprint density at radius 3 is 2.78 bits per heavy atom. The summed E-state index contributed by atoms with van der Waals surface area (Å²) in [5, 5.41) is 12.4. The molecule has 5 nitrogen and oxygen atoms in total. The van der Waals surface area contributed by atoms with Crippen LogP contribution in [0.1, 0.15) is 26.3 Å². The number of rotatable bonds is 5. The van der Waals surface area contributed by atoms with Gasteiger partial charge in [0.2, 0.25) is 0 Å². The quantitative estimate of drug-likeness (QED) is 0.784. The molecule has 128 valence electrons. The van der Waals surface area contributed by atoms with Crippen molar-refractivity contribution >= 4 is 33.4 Å². The summed E-state index contributed by atoms with van der Waals surface area (Å²) >= 11 is 0. The highest BCUT2D eigenvalue weighted by Gasteiger charge is 2.29. The molecule has 2 atom stereocenters. The number of anilines is 1. The highest BCUT2D eigenvalue weighted by molar-refractivity contribution is 8.76. The summed E-state index contributed by atoms with van der Waals surface area (Å²) in [6, 6.07) is 7.65. The van der Waals surface area contributed by atoms with Gasteiger partial charge in [0.05, 0.1) is 13.2 Å². The molecule has 0 bridgehead atoms. The van der Waals surface area contributed by atoms with Gasteiger partial charge in [-0.3, -0.25) is 5.32 Å². The second-order valence-electron chi connectivity index (χ2n) is 6.29. The van der Waals surface area contributed by atoms with Gasteiger partial charge < -0.3 is 14.6 Å². The Kier molecular flexibility index (Phi) is 6.64. The molecule has 2 rings (SSSR count). The lowest BCUT2D eigenvalue weighted by atomic mass is 10.2. The van der Waals surface area contributed by atoms with E-state index in [0.29, 0.717) is 0 Å². The minimum atomic E-state index is -0.755. The molecule has 1 aliphatic rings. The summed E-state index contributed by atoms with van der Waals surface area (Å²) in [4.78, 5) is 12.0. The van der Waals surface area contributed by atoms with Crippen molar-refractivity contribution in [3.63, 3.8) is 0 Å². The van der Waals surface area contributed by atoms with E-state index >= 15 is 0 Å². The first kappa shape index (κ1) is 18.4. The number of aliphatic hydroxyl groups is 1. The van der Waals surface area contributed by atoms with Crippen LogP contribution in [0.2, 0.25) is 0 Å². The fourth-order valence-corrected chi connectivity index (χ4v) is 4.36. The van der Waals surface area contributed by atoms with Crippen LogP contribution in [0.3, 0.4) is 0 Å².